The molecule has 103 heavy (non-hydrogen) atoms. The largest absolute Gasteiger partial charge is 0.466 e. The Labute approximate surface area is 647 Å². The normalized spacial score (nSPS) is 10.5. The van der Waals surface area contributed by atoms with Gasteiger partial charge in [-0.2, -0.15) is 8.42 Å². The molecule has 0 aliphatic carbocycles. The summed E-state index contributed by atoms with van der Waals surface area (Å²) in [5, 5.41) is -0.890. The van der Waals surface area contributed by atoms with Gasteiger partial charge in [-0.05, 0) is 85.3 Å². The molecule has 0 bridgehead atoms. The van der Waals surface area contributed by atoms with Gasteiger partial charge in [-0.3, -0.25) is 14.4 Å². The molecular weight excluding hydrogens is 1680 g/mol. The molecule has 25 nitrogen and oxygen atoms in total. The van der Waals surface area contributed by atoms with E-state index in [0.717, 1.165) is 35.7 Å². The van der Waals surface area contributed by atoms with Gasteiger partial charge in [0.05, 0.1) is 49.9 Å². The molecule has 1 saturated heterocycles. The zero-order valence-corrected chi connectivity index (χ0v) is 65.4. The van der Waals surface area contributed by atoms with E-state index in [9.17, 15) is 43.2 Å². The maximum atomic E-state index is 11.7. The van der Waals surface area contributed by atoms with E-state index in [0.29, 0.717) is 70.1 Å². The minimum atomic E-state index is -3.72. The fraction of sp³-hybridized carbons (Fsp3) is 0.243. The fourth-order valence-electron chi connectivity index (χ4n) is 7.12. The van der Waals surface area contributed by atoms with E-state index < -0.39 is 55.2 Å². The molecule has 546 valence electrons. The molecule has 1 fully saturated rings. The Morgan fingerprint density at radius 1 is 0.602 bits per heavy atom. The number of Topliss-reactive ketones (excluding diaryl/α,β-unsaturated/α-hetero) is 2. The molecule has 3 heterocycles. The third-order valence-electron chi connectivity index (χ3n) is 11.3. The molecule has 2 aromatic heterocycles. The van der Waals surface area contributed by atoms with Gasteiger partial charge in [0.1, 0.15) is 11.3 Å². The summed E-state index contributed by atoms with van der Waals surface area (Å²) >= 11 is 10.9. The van der Waals surface area contributed by atoms with Crippen LogP contribution in [0, 0.1) is 37.7 Å². The number of thiocarbonyl (C=S) groups is 1. The van der Waals surface area contributed by atoms with E-state index in [4.69, 9.17) is 57.0 Å². The second kappa shape index (κ2) is 57.4. The number of hydrogen-bond acceptors (Lipinski definition) is 24. The number of nitrogens with two attached hydrogens (primary N) is 3. The van der Waals surface area contributed by atoms with Crippen molar-refractivity contribution in [2.45, 2.75) is 59.3 Å². The number of benzene rings is 6. The number of ether oxygens (including phenoxy) is 7. The van der Waals surface area contributed by atoms with Gasteiger partial charge >= 0.3 is 56.6 Å². The van der Waals surface area contributed by atoms with Crippen LogP contribution in [0.2, 0.25) is 0 Å². The van der Waals surface area contributed by atoms with Crippen LogP contribution in [0.1, 0.15) is 115 Å². The van der Waals surface area contributed by atoms with Gasteiger partial charge in [0, 0.05) is 96.3 Å². The molecule has 6 N–H and O–H groups in total. The summed E-state index contributed by atoms with van der Waals surface area (Å²) in [5.41, 5.74) is 19.0. The van der Waals surface area contributed by atoms with Crippen LogP contribution in [-0.4, -0.2) is 145 Å². The second-order valence-corrected chi connectivity index (χ2v) is 24.3. The van der Waals surface area contributed by atoms with E-state index in [1.165, 1.54) is 19.2 Å². The molecule has 1 atom stereocenters. The summed E-state index contributed by atoms with van der Waals surface area (Å²) in [6, 6.07) is 52.7. The molecular formula is C70H76BCl3N6O19S3U. The number of esters is 7. The van der Waals surface area contributed by atoms with Gasteiger partial charge in [0.25, 0.3) is 0 Å². The average molecular weight is 1760 g/mol. The van der Waals surface area contributed by atoms with Crippen molar-refractivity contribution in [3.05, 3.63) is 233 Å². The summed E-state index contributed by atoms with van der Waals surface area (Å²) in [7, 11) is 8.56. The first-order chi connectivity index (χ1) is 49.3. The number of nitrogens with zero attached hydrogens (tertiary/aromatic N) is 3. The molecule has 9 rings (SSSR count). The predicted molar refractivity (Wildman–Crippen MR) is 394 cm³/mol. The summed E-state index contributed by atoms with van der Waals surface area (Å²) in [6.07, 6.45) is 3.62. The number of hydrogen-bond donors (Lipinski definition) is 3. The Morgan fingerprint density at radius 2 is 0.981 bits per heavy atom. The van der Waals surface area contributed by atoms with Crippen molar-refractivity contribution < 1.29 is 120 Å². The van der Waals surface area contributed by atoms with Crippen molar-refractivity contribution in [2.75, 3.05) is 58.5 Å². The van der Waals surface area contributed by atoms with Gasteiger partial charge in [0.15, 0.2) is 45.0 Å². The molecule has 33 heteroatoms. The first kappa shape index (κ1) is 93.9. The van der Waals surface area contributed by atoms with E-state index in [-0.39, 0.29) is 73.2 Å². The Bertz CT molecular complexity index is 3900. The molecule has 0 spiro atoms. The van der Waals surface area contributed by atoms with Crippen LogP contribution in [0.25, 0.3) is 27.4 Å². The van der Waals surface area contributed by atoms with Crippen molar-refractivity contribution >= 4 is 137 Å². The number of halogens is 3. The number of oxazole rings is 1. The summed E-state index contributed by atoms with van der Waals surface area (Å²) in [4.78, 5) is 113. The van der Waals surface area contributed by atoms with Gasteiger partial charge < -0.3 is 59.6 Å². The fourth-order valence-corrected chi connectivity index (χ4v) is 8.06. The van der Waals surface area contributed by atoms with Crippen LogP contribution in [0.5, 0.6) is 0 Å². The summed E-state index contributed by atoms with van der Waals surface area (Å²) in [5.74, 6) is -3.93. The number of rotatable bonds is 18. The van der Waals surface area contributed by atoms with Crippen LogP contribution in [0.4, 0.5) is 5.13 Å². The van der Waals surface area contributed by atoms with Gasteiger partial charge in [-0.25, -0.2) is 45.3 Å². The number of anilines is 1. The Balaban J connectivity index is 0. The summed E-state index contributed by atoms with van der Waals surface area (Å²) < 4.78 is 62.1. The molecule has 0 saturated carbocycles. The van der Waals surface area contributed by atoms with Crippen LogP contribution in [0.3, 0.4) is 0 Å². The van der Waals surface area contributed by atoms with Gasteiger partial charge in [-0.15, -0.1) is 11.6 Å². The van der Waals surface area contributed by atoms with Crippen LogP contribution < -0.4 is 17.2 Å². The standard InChI is InChI=1S/C14H10O3.C12H12N2O2S.C12H11NO3.C11H11ClO3.C11H12O3.C5H7NO2.C4H8O.CH4N2S.BH.Cl2O2S.U/c15-13(11-7-3-1-4-8-11)17-14(16)12-9-5-2-6-10-12;1-2-16-11(15)10-9(14-12(13)17-10)8-6-4-3-5-7-8;1-2-15-12(14)10-11(16-8-13-10)9-6-4-3-5-7-9;1-2-15-11(14)9(12)10(13)8-6-4-3-5-7-8;1-2-14-11(13)8-10(12)9-6-4-3-5-7-9;1-3-8-5(7)4-6-2;1-2-4-5-3-1;2-1(3)4;;1-5(2,3)4;/h1-10H;3-7H,2H2,1H3,(H2,13,14);3-8H,2H2,1H3;3-7,9H,2H2,1H3;3-7H,2,8H2,1H3;3-4H2,1H3;1-4H2;(H4,2,3,4);1H;;/i;;;;;;;;1D;;. The van der Waals surface area contributed by atoms with E-state index in [1.54, 1.807) is 150 Å². The van der Waals surface area contributed by atoms with E-state index >= 15 is 0 Å². The Morgan fingerprint density at radius 3 is 1.38 bits per heavy atom. The number of thiazole rings is 1. The monoisotopic (exact) mass is 1760 g/mol. The predicted octanol–water partition coefficient (Wildman–Crippen LogP) is 12.1. The van der Waals surface area contributed by atoms with Crippen LogP contribution in [0.15, 0.2) is 193 Å². The van der Waals surface area contributed by atoms with Gasteiger partial charge in [0.2, 0.25) is 0 Å². The van der Waals surface area contributed by atoms with Gasteiger partial charge in [-0.1, -0.05) is 169 Å². The van der Waals surface area contributed by atoms with Crippen molar-refractivity contribution in [1.29, 1.82) is 1.34 Å². The number of ketones is 2. The van der Waals surface area contributed by atoms with Crippen molar-refractivity contribution in [2.24, 2.45) is 11.5 Å². The summed E-state index contributed by atoms with van der Waals surface area (Å²) in [6.45, 7) is 18.2. The number of carbonyl (C=O) groups excluding carboxylic acids is 9. The average Bonchev–Trinajstić information content (AvgIpc) is 1.71. The Kier molecular flexibility index (Phi) is 52.3. The van der Waals surface area contributed by atoms with Crippen LogP contribution in [-0.2, 0) is 55.8 Å². The van der Waals surface area contributed by atoms with E-state index in [1.807, 2.05) is 66.7 Å². The molecule has 0 amide bonds. The number of alkyl halides is 1. The molecule has 2 radical (unpaired) electrons. The molecule has 1 aliphatic heterocycles. The first-order valence-corrected chi connectivity index (χ1v) is 35.0. The van der Waals surface area contributed by atoms with Crippen molar-refractivity contribution in [3.63, 3.8) is 0 Å². The molecule has 1 unspecified atom stereocenters. The Hall–Kier alpha value is -9.13. The van der Waals surface area contributed by atoms with E-state index in [2.05, 4.69) is 82.4 Å². The maximum absolute atomic E-state index is 11.7. The quantitative estimate of drug-likeness (QED) is 0.00826. The minimum absolute atomic E-state index is 0. The topological polar surface area (TPSA) is 374 Å². The number of carbonyl (C=O) groups is 9. The second-order valence-electron chi connectivity index (χ2n) is 18.7. The van der Waals surface area contributed by atoms with Crippen LogP contribution >= 0.6 is 56.5 Å². The maximum Gasteiger partial charge on any atom is 0.387 e. The van der Waals surface area contributed by atoms with Crippen molar-refractivity contribution in [1.82, 2.24) is 9.97 Å². The number of nitrogen functional groups attached to an aromatic ring is 1. The zero-order chi connectivity index (χ0) is 77.4. The SMILES string of the molecule is C1CCOC1.CCOC(=O)C(Cl)C(=O)c1ccccc1.CCOC(=O)CC(=O)c1ccccc1.CCOC(=O)c1ncoc1-c1ccccc1.CCOC(=O)c1sc(N)nc1-c1ccccc1.NC(N)=S.O=C(OC(=O)c1ccccc1)c1ccccc1.O=S(=O)(Cl)Cl.[2H][B].[C-]#[N+]CC(=O)OCC.[U]. The number of aromatic nitrogens is 2. The smallest absolute Gasteiger partial charge is 0.387 e. The third-order valence-corrected chi connectivity index (χ3v) is 12.5. The molecule has 8 aromatic rings. The zero-order valence-electron chi connectivity index (χ0n) is 57.5. The van der Waals surface area contributed by atoms with Crippen molar-refractivity contribution in [3.8, 4) is 22.6 Å². The molecule has 1 aliphatic rings. The first-order valence-electron chi connectivity index (χ1n) is 30.7. The minimum Gasteiger partial charge on any atom is -0.466 e. The molecule has 6 aromatic carbocycles. The third kappa shape index (κ3) is 44.1.